The first-order valence-electron chi connectivity index (χ1n) is 7.44. The second-order valence-electron chi connectivity index (χ2n) is 6.01. The molecule has 21 heavy (non-hydrogen) atoms. The molecule has 1 aromatic rings. The van der Waals surface area contributed by atoms with Crippen LogP contribution < -0.4 is 15.8 Å². The predicted octanol–water partition coefficient (Wildman–Crippen LogP) is 1.70. The molecule has 0 radical (unpaired) electrons. The van der Waals surface area contributed by atoms with Crippen LogP contribution in [-0.2, 0) is 4.79 Å². The number of aliphatic hydroxyl groups excluding tert-OH is 1. The summed E-state index contributed by atoms with van der Waals surface area (Å²) in [5.41, 5.74) is 5.77. The maximum atomic E-state index is 12.1. The Morgan fingerprint density at radius 3 is 2.95 bits per heavy atom. The van der Waals surface area contributed by atoms with Crippen molar-refractivity contribution >= 4 is 11.6 Å². The van der Waals surface area contributed by atoms with E-state index in [4.69, 9.17) is 10.5 Å². The van der Waals surface area contributed by atoms with E-state index >= 15 is 0 Å². The fourth-order valence-corrected chi connectivity index (χ4v) is 3.04. The molecule has 0 bridgehead atoms. The zero-order valence-corrected chi connectivity index (χ0v) is 12.5. The van der Waals surface area contributed by atoms with Crippen LogP contribution in [0.3, 0.4) is 0 Å². The molecule has 1 aliphatic carbocycles. The molecule has 0 aliphatic heterocycles. The summed E-state index contributed by atoms with van der Waals surface area (Å²) in [6.45, 7) is 2.03. The lowest BCUT2D eigenvalue weighted by Crippen LogP contribution is -2.55. The van der Waals surface area contributed by atoms with Crippen LogP contribution in [0.15, 0.2) is 24.3 Å². The molecule has 5 heteroatoms. The molecular weight excluding hydrogens is 268 g/mol. The first-order chi connectivity index (χ1) is 10.0. The van der Waals surface area contributed by atoms with Gasteiger partial charge >= 0.3 is 0 Å². The van der Waals surface area contributed by atoms with Crippen LogP contribution in [-0.4, -0.2) is 29.8 Å². The van der Waals surface area contributed by atoms with Gasteiger partial charge in [0.05, 0.1) is 17.8 Å². The molecule has 0 aromatic heterocycles. The lowest BCUT2D eigenvalue weighted by molar-refractivity contribution is -0.126. The fourth-order valence-electron chi connectivity index (χ4n) is 3.04. The van der Waals surface area contributed by atoms with Gasteiger partial charge in [0, 0.05) is 0 Å². The number of para-hydroxylation sites is 2. The molecule has 2 rings (SSSR count). The number of ether oxygens (including phenoxy) is 1. The molecule has 1 amide bonds. The normalized spacial score (nSPS) is 25.3. The highest BCUT2D eigenvalue weighted by atomic mass is 16.5. The van der Waals surface area contributed by atoms with Gasteiger partial charge in [-0.25, -0.2) is 0 Å². The molecule has 2 atom stereocenters. The lowest BCUT2D eigenvalue weighted by atomic mass is 9.77. The van der Waals surface area contributed by atoms with E-state index in [1.165, 1.54) is 0 Å². The van der Waals surface area contributed by atoms with Crippen molar-refractivity contribution < 1.29 is 14.6 Å². The number of nitrogen functional groups attached to an aromatic ring is 1. The van der Waals surface area contributed by atoms with Crippen LogP contribution >= 0.6 is 0 Å². The number of aliphatic hydroxyl groups is 1. The van der Waals surface area contributed by atoms with Crippen molar-refractivity contribution in [2.24, 2.45) is 5.92 Å². The molecule has 1 aliphatic rings. The smallest absolute Gasteiger partial charge is 0.258 e. The maximum absolute atomic E-state index is 12.1. The van der Waals surface area contributed by atoms with Crippen LogP contribution in [0.25, 0.3) is 0 Å². The van der Waals surface area contributed by atoms with Gasteiger partial charge in [-0.1, -0.05) is 31.9 Å². The van der Waals surface area contributed by atoms with Crippen molar-refractivity contribution in [1.29, 1.82) is 0 Å². The van der Waals surface area contributed by atoms with Gasteiger partial charge < -0.3 is 20.9 Å². The maximum Gasteiger partial charge on any atom is 0.258 e. The Morgan fingerprint density at radius 1 is 1.52 bits per heavy atom. The van der Waals surface area contributed by atoms with Gasteiger partial charge in [0.1, 0.15) is 5.75 Å². The summed E-state index contributed by atoms with van der Waals surface area (Å²) in [7, 11) is 0. The van der Waals surface area contributed by atoms with Gasteiger partial charge in [-0.2, -0.15) is 0 Å². The second-order valence-corrected chi connectivity index (χ2v) is 6.01. The van der Waals surface area contributed by atoms with Crippen LogP contribution in [0.5, 0.6) is 5.75 Å². The van der Waals surface area contributed by atoms with Crippen molar-refractivity contribution in [3.63, 3.8) is 0 Å². The van der Waals surface area contributed by atoms with Gasteiger partial charge in [-0.15, -0.1) is 0 Å². The second kappa shape index (κ2) is 6.80. The van der Waals surface area contributed by atoms with Gasteiger partial charge in [-0.05, 0) is 30.9 Å². The summed E-state index contributed by atoms with van der Waals surface area (Å²) in [4.78, 5) is 12.1. The van der Waals surface area contributed by atoms with Crippen LogP contribution in [0.4, 0.5) is 5.69 Å². The summed E-state index contributed by atoms with van der Waals surface area (Å²) >= 11 is 0. The van der Waals surface area contributed by atoms with Gasteiger partial charge in [0.25, 0.3) is 5.91 Å². The molecule has 0 heterocycles. The lowest BCUT2D eigenvalue weighted by Gasteiger charge is -2.39. The van der Waals surface area contributed by atoms with E-state index in [0.717, 1.165) is 25.7 Å². The number of nitrogens with one attached hydrogen (secondary N) is 1. The SMILES string of the molecule is CC1CCCC(CO)(NC(=O)COc2ccccc2N)C1. The van der Waals surface area contributed by atoms with Crippen molar-refractivity contribution in [2.75, 3.05) is 18.9 Å². The van der Waals surface area contributed by atoms with Crippen molar-refractivity contribution in [1.82, 2.24) is 5.32 Å². The highest BCUT2D eigenvalue weighted by molar-refractivity contribution is 5.78. The number of hydrogen-bond donors (Lipinski definition) is 3. The van der Waals surface area contributed by atoms with Crippen LogP contribution in [0.1, 0.15) is 32.6 Å². The largest absolute Gasteiger partial charge is 0.482 e. The Kier molecular flexibility index (Phi) is 5.07. The third-order valence-corrected chi connectivity index (χ3v) is 4.08. The molecule has 0 spiro atoms. The first-order valence-corrected chi connectivity index (χ1v) is 7.44. The van der Waals surface area contributed by atoms with E-state index in [0.29, 0.717) is 17.4 Å². The van der Waals surface area contributed by atoms with E-state index in [1.54, 1.807) is 12.1 Å². The van der Waals surface area contributed by atoms with Crippen molar-refractivity contribution in [3.8, 4) is 5.75 Å². The standard InChI is InChI=1S/C16H24N2O3/c1-12-5-4-8-16(9-12,11-19)18-15(20)10-21-14-7-3-2-6-13(14)17/h2-3,6-7,12,19H,4-5,8-11,17H2,1H3,(H,18,20). The minimum atomic E-state index is -0.500. The number of nitrogens with two attached hydrogens (primary N) is 1. The third-order valence-electron chi connectivity index (χ3n) is 4.08. The van der Waals surface area contributed by atoms with Crippen molar-refractivity contribution in [2.45, 2.75) is 38.1 Å². The molecule has 4 N–H and O–H groups in total. The average Bonchev–Trinajstić information content (AvgIpc) is 2.46. The average molecular weight is 292 g/mol. The number of rotatable bonds is 5. The monoisotopic (exact) mass is 292 g/mol. The molecule has 116 valence electrons. The minimum absolute atomic E-state index is 0.0312. The Morgan fingerprint density at radius 2 is 2.29 bits per heavy atom. The van der Waals surface area contributed by atoms with Crippen LogP contribution in [0.2, 0.25) is 0 Å². The summed E-state index contributed by atoms with van der Waals surface area (Å²) in [5, 5.41) is 12.6. The Hall–Kier alpha value is -1.75. The number of anilines is 1. The highest BCUT2D eigenvalue weighted by Crippen LogP contribution is 2.32. The fraction of sp³-hybridized carbons (Fsp3) is 0.562. The predicted molar refractivity (Wildman–Crippen MR) is 81.9 cm³/mol. The molecule has 0 saturated heterocycles. The van der Waals surface area contributed by atoms with E-state index < -0.39 is 5.54 Å². The highest BCUT2D eigenvalue weighted by Gasteiger charge is 2.35. The van der Waals surface area contributed by atoms with E-state index in [2.05, 4.69) is 12.2 Å². The van der Waals surface area contributed by atoms with Gasteiger partial charge in [0.2, 0.25) is 0 Å². The summed E-state index contributed by atoms with van der Waals surface area (Å²) in [6.07, 6.45) is 3.79. The molecular formula is C16H24N2O3. The van der Waals surface area contributed by atoms with Gasteiger partial charge in [-0.3, -0.25) is 4.79 Å². The number of benzene rings is 1. The van der Waals surface area contributed by atoms with E-state index in [-0.39, 0.29) is 19.1 Å². The molecule has 5 nitrogen and oxygen atoms in total. The number of hydrogen-bond acceptors (Lipinski definition) is 4. The number of amides is 1. The molecule has 1 aromatic carbocycles. The Bertz CT molecular complexity index is 492. The molecule has 1 saturated carbocycles. The number of carbonyl (C=O) groups excluding carboxylic acids is 1. The topological polar surface area (TPSA) is 84.6 Å². The first kappa shape index (κ1) is 15.6. The third kappa shape index (κ3) is 4.11. The minimum Gasteiger partial charge on any atom is -0.482 e. The summed E-state index contributed by atoms with van der Waals surface area (Å²) in [6, 6.07) is 7.08. The summed E-state index contributed by atoms with van der Waals surface area (Å²) in [5.74, 6) is 0.793. The molecule has 2 unspecified atom stereocenters. The van der Waals surface area contributed by atoms with Crippen LogP contribution in [0, 0.1) is 5.92 Å². The Balaban J connectivity index is 1.90. The zero-order valence-electron chi connectivity index (χ0n) is 12.5. The van der Waals surface area contributed by atoms with Gasteiger partial charge in [0.15, 0.2) is 6.61 Å². The van der Waals surface area contributed by atoms with E-state index in [1.807, 2.05) is 12.1 Å². The quantitative estimate of drug-likeness (QED) is 0.721. The zero-order chi connectivity index (χ0) is 15.3. The number of carbonyl (C=O) groups is 1. The Labute approximate surface area is 125 Å². The molecule has 1 fully saturated rings. The van der Waals surface area contributed by atoms with E-state index in [9.17, 15) is 9.90 Å². The van der Waals surface area contributed by atoms with Crippen molar-refractivity contribution in [3.05, 3.63) is 24.3 Å². The summed E-state index contributed by atoms with van der Waals surface area (Å²) < 4.78 is 5.44.